The van der Waals surface area contributed by atoms with Crippen LogP contribution in [0.5, 0.6) is 5.75 Å². The van der Waals surface area contributed by atoms with E-state index in [1.807, 2.05) is 13.8 Å². The van der Waals surface area contributed by atoms with Crippen molar-refractivity contribution in [3.63, 3.8) is 0 Å². The second kappa shape index (κ2) is 17.7. The van der Waals surface area contributed by atoms with Gasteiger partial charge in [0.25, 0.3) is 11.8 Å². The van der Waals surface area contributed by atoms with E-state index < -0.39 is 35.9 Å². The van der Waals surface area contributed by atoms with E-state index in [0.29, 0.717) is 62.3 Å². The van der Waals surface area contributed by atoms with Gasteiger partial charge in [-0.15, -0.1) is 0 Å². The van der Waals surface area contributed by atoms with Crippen LogP contribution < -0.4 is 26.0 Å². The summed E-state index contributed by atoms with van der Waals surface area (Å²) in [5.74, 6) is -1.64. The summed E-state index contributed by atoms with van der Waals surface area (Å²) in [6.07, 6.45) is 3.55. The summed E-state index contributed by atoms with van der Waals surface area (Å²) < 4.78 is 5.63. The summed E-state index contributed by atoms with van der Waals surface area (Å²) >= 11 is 0. The number of hydrogen-bond acceptors (Lipinski definition) is 8. The van der Waals surface area contributed by atoms with E-state index in [1.54, 1.807) is 29.2 Å². The first kappa shape index (κ1) is 35.0. The largest absolute Gasteiger partial charge is 0.484 e. The number of amides is 5. The van der Waals surface area contributed by atoms with Gasteiger partial charge < -0.3 is 41.0 Å². The van der Waals surface area contributed by atoms with Gasteiger partial charge in [0.1, 0.15) is 23.5 Å². The summed E-state index contributed by atoms with van der Waals surface area (Å²) in [5.41, 5.74) is 0.963. The van der Waals surface area contributed by atoms with E-state index in [1.165, 1.54) is 19.4 Å². The molecule has 45 heavy (non-hydrogen) atoms. The molecular formula is C31H45N7O7. The zero-order valence-corrected chi connectivity index (χ0v) is 26.1. The number of aromatic nitrogens is 2. The molecule has 2 heterocycles. The lowest BCUT2D eigenvalue weighted by Crippen LogP contribution is -2.57. The molecule has 3 rings (SSSR count). The highest BCUT2D eigenvalue weighted by molar-refractivity contribution is 5.93. The van der Waals surface area contributed by atoms with Crippen molar-refractivity contribution < 1.29 is 33.8 Å². The third-order valence-electron chi connectivity index (χ3n) is 7.15. The first-order valence-corrected chi connectivity index (χ1v) is 15.3. The minimum Gasteiger partial charge on any atom is -0.484 e. The van der Waals surface area contributed by atoms with Crippen LogP contribution >= 0.6 is 0 Å². The normalized spacial score (nSPS) is 21.0. The van der Waals surface area contributed by atoms with E-state index in [-0.39, 0.29) is 37.3 Å². The number of carbonyl (C=O) groups is 5. The van der Waals surface area contributed by atoms with Gasteiger partial charge in [-0.3, -0.25) is 24.0 Å². The first-order valence-electron chi connectivity index (χ1n) is 15.3. The van der Waals surface area contributed by atoms with E-state index >= 15 is 0 Å². The van der Waals surface area contributed by atoms with E-state index in [4.69, 9.17) is 4.74 Å². The Hall–Kier alpha value is -4.46. The second-order valence-corrected chi connectivity index (χ2v) is 11.5. The number of nitrogens with one attached hydrogen (secondary N) is 5. The second-order valence-electron chi connectivity index (χ2n) is 11.5. The molecule has 0 aliphatic carbocycles. The van der Waals surface area contributed by atoms with Crippen molar-refractivity contribution in [2.75, 3.05) is 32.8 Å². The number of aliphatic hydroxyl groups is 1. The van der Waals surface area contributed by atoms with Gasteiger partial charge in [-0.2, -0.15) is 0 Å². The fraction of sp³-hybridized carbons (Fsp3) is 0.548. The predicted molar refractivity (Wildman–Crippen MR) is 165 cm³/mol. The molecule has 1 aliphatic rings. The third kappa shape index (κ3) is 11.9. The molecule has 6 N–H and O–H groups in total. The van der Waals surface area contributed by atoms with Crippen LogP contribution in [0.3, 0.4) is 0 Å². The number of nitrogens with zero attached hydrogens (tertiary/aromatic N) is 2. The van der Waals surface area contributed by atoms with Crippen LogP contribution in [0.4, 0.5) is 0 Å². The molecule has 0 spiro atoms. The van der Waals surface area contributed by atoms with Gasteiger partial charge in [-0.25, -0.2) is 4.98 Å². The van der Waals surface area contributed by atoms with Crippen LogP contribution in [0.1, 0.15) is 62.5 Å². The zero-order chi connectivity index (χ0) is 32.8. The van der Waals surface area contributed by atoms with Crippen LogP contribution in [-0.2, 0) is 25.6 Å². The molecular weight excluding hydrogens is 582 g/mol. The number of rotatable bonds is 4. The van der Waals surface area contributed by atoms with Crippen LogP contribution in [-0.4, -0.2) is 100 Å². The van der Waals surface area contributed by atoms with Gasteiger partial charge in [-0.05, 0) is 56.2 Å². The van der Waals surface area contributed by atoms with Crippen LogP contribution in [0, 0.1) is 5.92 Å². The quantitative estimate of drug-likeness (QED) is 0.278. The summed E-state index contributed by atoms with van der Waals surface area (Å²) in [7, 11) is 0. The fourth-order valence-electron chi connectivity index (χ4n) is 4.84. The Kier molecular flexibility index (Phi) is 13.8. The SMILES string of the molecule is CC(C)C[C@H]1NC(=O)Cc2cccc(c2)OCC(=O)NCCCN(C(=O)c2cnc[nH]2)CCCCNC(=O)[C@H]([C@@H](C)O)NC1=O. The molecule has 0 saturated heterocycles. The maximum atomic E-state index is 13.2. The summed E-state index contributed by atoms with van der Waals surface area (Å²) in [5, 5.41) is 21.2. The molecule has 246 valence electrons. The van der Waals surface area contributed by atoms with Crippen molar-refractivity contribution in [2.45, 2.75) is 71.1 Å². The van der Waals surface area contributed by atoms with Crippen molar-refractivity contribution in [3.05, 3.63) is 48.0 Å². The van der Waals surface area contributed by atoms with Gasteiger partial charge in [0.15, 0.2) is 6.61 Å². The smallest absolute Gasteiger partial charge is 0.271 e. The number of benzene rings is 1. The van der Waals surface area contributed by atoms with Crippen molar-refractivity contribution >= 4 is 29.5 Å². The highest BCUT2D eigenvalue weighted by Gasteiger charge is 2.30. The lowest BCUT2D eigenvalue weighted by molar-refractivity contribution is -0.134. The summed E-state index contributed by atoms with van der Waals surface area (Å²) in [4.78, 5) is 73.0. The summed E-state index contributed by atoms with van der Waals surface area (Å²) in [6.45, 7) is 6.36. The lowest BCUT2D eigenvalue weighted by atomic mass is 10.0. The fourth-order valence-corrected chi connectivity index (χ4v) is 4.84. The number of aromatic amines is 1. The van der Waals surface area contributed by atoms with Crippen LogP contribution in [0.15, 0.2) is 36.8 Å². The molecule has 1 aromatic carbocycles. The Balaban J connectivity index is 1.76. The predicted octanol–water partition coefficient (Wildman–Crippen LogP) is 0.286. The van der Waals surface area contributed by atoms with Crippen molar-refractivity contribution in [3.8, 4) is 5.75 Å². The Bertz CT molecular complexity index is 1280. The van der Waals surface area contributed by atoms with E-state index in [9.17, 15) is 29.1 Å². The molecule has 5 amide bonds. The van der Waals surface area contributed by atoms with Crippen LogP contribution in [0.2, 0.25) is 0 Å². The Labute approximate surface area is 263 Å². The zero-order valence-electron chi connectivity index (χ0n) is 26.1. The molecule has 3 atom stereocenters. The van der Waals surface area contributed by atoms with Gasteiger partial charge in [0, 0.05) is 26.2 Å². The van der Waals surface area contributed by atoms with Gasteiger partial charge in [0.05, 0.1) is 25.0 Å². The van der Waals surface area contributed by atoms with E-state index in [2.05, 4.69) is 31.2 Å². The average molecular weight is 628 g/mol. The van der Waals surface area contributed by atoms with Gasteiger partial charge >= 0.3 is 0 Å². The molecule has 0 fully saturated rings. The topological polar surface area (TPSA) is 195 Å². The minimum absolute atomic E-state index is 0.0423. The van der Waals surface area contributed by atoms with Gasteiger partial charge in [-0.1, -0.05) is 26.0 Å². The van der Waals surface area contributed by atoms with Crippen molar-refractivity contribution in [1.29, 1.82) is 0 Å². The molecule has 0 saturated carbocycles. The number of ether oxygens (including phenoxy) is 1. The summed E-state index contributed by atoms with van der Waals surface area (Å²) in [6, 6.07) is 4.60. The maximum absolute atomic E-state index is 13.2. The monoisotopic (exact) mass is 627 g/mol. The van der Waals surface area contributed by atoms with Crippen molar-refractivity contribution in [2.24, 2.45) is 5.92 Å². The number of imidazole rings is 1. The minimum atomic E-state index is -1.22. The molecule has 14 nitrogen and oxygen atoms in total. The molecule has 0 unspecified atom stereocenters. The number of H-pyrrole nitrogens is 1. The molecule has 1 aliphatic heterocycles. The number of aliphatic hydroxyl groups excluding tert-OH is 1. The Morgan fingerprint density at radius 2 is 1.76 bits per heavy atom. The van der Waals surface area contributed by atoms with Crippen LogP contribution in [0.25, 0.3) is 0 Å². The Morgan fingerprint density at radius 1 is 1.00 bits per heavy atom. The molecule has 1 aromatic heterocycles. The lowest BCUT2D eigenvalue weighted by Gasteiger charge is -2.26. The molecule has 2 bridgehead atoms. The van der Waals surface area contributed by atoms with E-state index in [0.717, 1.165) is 0 Å². The average Bonchev–Trinajstić information content (AvgIpc) is 3.53. The maximum Gasteiger partial charge on any atom is 0.271 e. The highest BCUT2D eigenvalue weighted by Crippen LogP contribution is 2.15. The highest BCUT2D eigenvalue weighted by atomic mass is 16.5. The van der Waals surface area contributed by atoms with Gasteiger partial charge in [0.2, 0.25) is 17.7 Å². The third-order valence-corrected chi connectivity index (χ3v) is 7.15. The van der Waals surface area contributed by atoms with Crippen molar-refractivity contribution in [1.82, 2.24) is 36.1 Å². The number of fused-ring (bicyclic) bond motifs is 2. The number of carbonyl (C=O) groups excluding carboxylic acids is 5. The molecule has 0 radical (unpaired) electrons. The Morgan fingerprint density at radius 3 is 2.47 bits per heavy atom. The first-order chi connectivity index (χ1) is 21.5. The standard InChI is InChI=1S/C31H45N7O7/c1-20(2)14-24-29(42)37-28(21(3)39)30(43)34-10-4-5-12-38(31(44)25-17-32-19-35-25)13-7-11-33-27(41)18-45-23-9-6-8-22(15-23)16-26(40)36-24/h6,8-9,15,17,19-21,24,28,39H,4-5,7,10-14,16,18H2,1-3H3,(H,32,35)(H,33,41)(H,34,43)(H,36,40)(H,37,42)/t21-,24-,28+/m1/s1. The molecule has 14 heteroatoms. The molecule has 2 aromatic rings. The number of hydrogen-bond donors (Lipinski definition) is 6.